The van der Waals surface area contributed by atoms with Gasteiger partial charge in [-0.05, 0) is 43.9 Å². The minimum absolute atomic E-state index is 0.112. The third-order valence-electron chi connectivity index (χ3n) is 5.91. The van der Waals surface area contributed by atoms with Crippen LogP contribution in [0.5, 0.6) is 0 Å². The highest BCUT2D eigenvalue weighted by atomic mass is 127. The molecule has 2 rings (SSSR count). The molecule has 5 atom stereocenters. The molecule has 10 heteroatoms. The summed E-state index contributed by atoms with van der Waals surface area (Å²) in [6.07, 6.45) is -10.7. The van der Waals surface area contributed by atoms with Gasteiger partial charge in [-0.15, -0.1) is 0 Å². The van der Waals surface area contributed by atoms with Gasteiger partial charge in [-0.2, -0.15) is 26.3 Å². The van der Waals surface area contributed by atoms with Crippen molar-refractivity contribution in [1.82, 2.24) is 0 Å². The van der Waals surface area contributed by atoms with E-state index in [1.165, 1.54) is 0 Å². The number of carbonyl (C=O) groups excluding carboxylic acids is 1. The number of hydrogen-bond donors (Lipinski definition) is 1. The first kappa shape index (κ1) is 23.0. The molecular formula is C17H23F6IO3. The maximum Gasteiger partial charge on any atom is 0.426 e. The summed E-state index contributed by atoms with van der Waals surface area (Å²) in [4.78, 5) is 12.1. The van der Waals surface area contributed by atoms with E-state index in [0.717, 1.165) is 0 Å². The van der Waals surface area contributed by atoms with Gasteiger partial charge in [-0.3, -0.25) is 4.79 Å². The van der Waals surface area contributed by atoms with Gasteiger partial charge in [0.25, 0.3) is 5.60 Å². The molecule has 0 aliphatic heterocycles. The van der Waals surface area contributed by atoms with Gasteiger partial charge < -0.3 is 9.84 Å². The Morgan fingerprint density at radius 2 is 1.56 bits per heavy atom. The lowest BCUT2D eigenvalue weighted by Gasteiger charge is -2.51. The summed E-state index contributed by atoms with van der Waals surface area (Å²) >= 11 is 1.90. The van der Waals surface area contributed by atoms with E-state index in [0.29, 0.717) is 25.7 Å². The van der Waals surface area contributed by atoms with Crippen molar-refractivity contribution in [2.24, 2.45) is 17.8 Å². The Balaban J connectivity index is 2.31. The smallest absolute Gasteiger partial charge is 0.426 e. The number of ether oxygens (including phenoxy) is 1. The minimum Gasteiger partial charge on any atom is -0.461 e. The van der Waals surface area contributed by atoms with E-state index < -0.39 is 58.1 Å². The molecule has 2 aliphatic carbocycles. The molecule has 2 fully saturated rings. The predicted octanol–water partition coefficient (Wildman–Crippen LogP) is 5.18. The van der Waals surface area contributed by atoms with Crippen LogP contribution in [0.15, 0.2) is 0 Å². The Morgan fingerprint density at radius 1 is 1.04 bits per heavy atom. The second-order valence-electron chi connectivity index (χ2n) is 7.41. The second-order valence-corrected chi connectivity index (χ2v) is 8.91. The normalized spacial score (nSPS) is 31.1. The summed E-state index contributed by atoms with van der Waals surface area (Å²) in [7, 11) is 0. The molecule has 2 aliphatic rings. The molecule has 3 nitrogen and oxygen atoms in total. The number of hydrogen-bond acceptors (Lipinski definition) is 3. The van der Waals surface area contributed by atoms with Crippen molar-refractivity contribution in [3.05, 3.63) is 0 Å². The highest BCUT2D eigenvalue weighted by Crippen LogP contribution is 2.57. The molecule has 5 unspecified atom stereocenters. The summed E-state index contributed by atoms with van der Waals surface area (Å²) in [5.41, 5.74) is -4.75. The summed E-state index contributed by atoms with van der Waals surface area (Å²) < 4.78 is 85.1. The molecule has 0 bridgehead atoms. The quantitative estimate of drug-likeness (QED) is 0.243. The van der Waals surface area contributed by atoms with Crippen LogP contribution in [0.1, 0.15) is 51.9 Å². The molecule has 1 N–H and O–H groups in total. The van der Waals surface area contributed by atoms with E-state index in [-0.39, 0.29) is 12.8 Å². The molecule has 0 radical (unpaired) electrons. The van der Waals surface area contributed by atoms with E-state index >= 15 is 0 Å². The molecule has 0 saturated heterocycles. The van der Waals surface area contributed by atoms with Crippen molar-refractivity contribution in [2.75, 3.05) is 0 Å². The number of esters is 1. The van der Waals surface area contributed by atoms with Crippen LogP contribution in [0, 0.1) is 17.8 Å². The molecule has 0 aromatic heterocycles. The number of carbonyl (C=O) groups is 1. The number of aliphatic hydroxyl groups is 1. The third kappa shape index (κ3) is 4.35. The van der Waals surface area contributed by atoms with Crippen molar-refractivity contribution in [1.29, 1.82) is 0 Å². The fourth-order valence-electron chi connectivity index (χ4n) is 4.56. The van der Waals surface area contributed by atoms with Crippen LogP contribution in [0.4, 0.5) is 26.3 Å². The summed E-state index contributed by atoms with van der Waals surface area (Å²) in [6, 6.07) is 0. The van der Waals surface area contributed by atoms with Gasteiger partial charge in [-0.1, -0.05) is 42.4 Å². The lowest BCUT2D eigenvalue weighted by molar-refractivity contribution is -0.394. The average molecular weight is 516 g/mol. The van der Waals surface area contributed by atoms with E-state index in [1.807, 2.05) is 22.6 Å². The van der Waals surface area contributed by atoms with E-state index in [2.05, 4.69) is 0 Å². The van der Waals surface area contributed by atoms with Crippen LogP contribution in [-0.2, 0) is 9.53 Å². The molecule has 158 valence electrons. The van der Waals surface area contributed by atoms with Gasteiger partial charge >= 0.3 is 18.3 Å². The van der Waals surface area contributed by atoms with Gasteiger partial charge in [-0.25, -0.2) is 0 Å². The maximum atomic E-state index is 13.3. The topological polar surface area (TPSA) is 46.5 Å². The van der Waals surface area contributed by atoms with Crippen LogP contribution in [0.25, 0.3) is 0 Å². The molecule has 0 heterocycles. The van der Waals surface area contributed by atoms with Crippen LogP contribution in [0.2, 0.25) is 0 Å². The average Bonchev–Trinajstić information content (AvgIpc) is 2.58. The molecule has 0 aromatic carbocycles. The van der Waals surface area contributed by atoms with Crippen molar-refractivity contribution < 1.29 is 41.0 Å². The number of halogens is 7. The third-order valence-corrected chi connectivity index (χ3v) is 7.30. The number of fused-ring (bicyclic) bond motifs is 1. The van der Waals surface area contributed by atoms with Crippen molar-refractivity contribution in [3.8, 4) is 0 Å². The number of alkyl halides is 7. The van der Waals surface area contributed by atoms with Crippen molar-refractivity contribution in [2.45, 2.75) is 79.9 Å². The highest BCUT2D eigenvalue weighted by molar-refractivity contribution is 14.1. The lowest BCUT2D eigenvalue weighted by atomic mass is 9.59. The zero-order valence-corrected chi connectivity index (χ0v) is 16.9. The first-order valence-electron chi connectivity index (χ1n) is 9.05. The Hall–Kier alpha value is -0.260. The van der Waals surface area contributed by atoms with E-state index in [4.69, 9.17) is 4.74 Å². The van der Waals surface area contributed by atoms with Gasteiger partial charge in [0.15, 0.2) is 0 Å². The van der Waals surface area contributed by atoms with Gasteiger partial charge in [0.1, 0.15) is 10.0 Å². The fraction of sp³-hybridized carbons (Fsp3) is 0.941. The lowest BCUT2D eigenvalue weighted by Crippen LogP contribution is -2.65. The standard InChI is InChI=1S/C17H23F6IO3/c1-2-12(24)14(25)27-13-8-7-11(9-5-3-4-6-10(9)13)15(26,16(18,19)20)17(21,22)23/h9-13,26H,2-8H2,1H3. The van der Waals surface area contributed by atoms with Crippen LogP contribution >= 0.6 is 22.6 Å². The fourth-order valence-corrected chi connectivity index (χ4v) is 4.70. The van der Waals surface area contributed by atoms with Gasteiger partial charge in [0, 0.05) is 5.92 Å². The summed E-state index contributed by atoms with van der Waals surface area (Å²) in [5.74, 6) is -4.07. The first-order chi connectivity index (χ1) is 12.3. The summed E-state index contributed by atoms with van der Waals surface area (Å²) in [6.45, 7) is 1.78. The number of rotatable bonds is 4. The Bertz CT molecular complexity index is 522. The second kappa shape index (κ2) is 8.23. The minimum atomic E-state index is -5.82. The van der Waals surface area contributed by atoms with Crippen LogP contribution < -0.4 is 0 Å². The largest absolute Gasteiger partial charge is 0.461 e. The highest BCUT2D eigenvalue weighted by Gasteiger charge is 2.75. The van der Waals surface area contributed by atoms with Crippen molar-refractivity contribution in [3.63, 3.8) is 0 Å². The zero-order valence-electron chi connectivity index (χ0n) is 14.7. The summed E-state index contributed by atoms with van der Waals surface area (Å²) in [5, 5.41) is 9.88. The van der Waals surface area contributed by atoms with Crippen molar-refractivity contribution >= 4 is 28.6 Å². The molecule has 0 amide bonds. The Kier molecular flexibility index (Phi) is 7.02. The Morgan fingerprint density at radius 3 is 2.04 bits per heavy atom. The SMILES string of the molecule is CCC(I)C(=O)OC1CCC(C(O)(C(F)(F)F)C(F)(F)F)C2CCCCC12. The van der Waals surface area contributed by atoms with E-state index in [9.17, 15) is 36.2 Å². The Labute approximate surface area is 167 Å². The molecule has 2 saturated carbocycles. The van der Waals surface area contributed by atoms with Gasteiger partial charge in [0.2, 0.25) is 0 Å². The van der Waals surface area contributed by atoms with Crippen LogP contribution in [0.3, 0.4) is 0 Å². The molecule has 0 aromatic rings. The zero-order chi connectivity index (χ0) is 20.6. The molecule has 27 heavy (non-hydrogen) atoms. The first-order valence-corrected chi connectivity index (χ1v) is 10.3. The maximum absolute atomic E-state index is 13.3. The predicted molar refractivity (Wildman–Crippen MR) is 93.2 cm³/mol. The van der Waals surface area contributed by atoms with E-state index in [1.54, 1.807) is 6.92 Å². The molecule has 0 spiro atoms. The van der Waals surface area contributed by atoms with Gasteiger partial charge in [0.05, 0.1) is 0 Å². The molecular weight excluding hydrogens is 493 g/mol. The van der Waals surface area contributed by atoms with Crippen LogP contribution in [-0.4, -0.2) is 39.1 Å². The monoisotopic (exact) mass is 516 g/mol.